The second-order valence-electron chi connectivity index (χ2n) is 4.37. The zero-order valence-electron chi connectivity index (χ0n) is 10.4. The quantitative estimate of drug-likeness (QED) is 0.841. The van der Waals surface area contributed by atoms with Gasteiger partial charge in [0.1, 0.15) is 0 Å². The minimum absolute atomic E-state index is 0.456. The van der Waals surface area contributed by atoms with E-state index in [1.807, 2.05) is 18.4 Å². The number of aryl methyl sites for hydroxylation is 2. The van der Waals surface area contributed by atoms with Gasteiger partial charge in [-0.2, -0.15) is 0 Å². The summed E-state index contributed by atoms with van der Waals surface area (Å²) in [7, 11) is 2.04. The van der Waals surface area contributed by atoms with Crippen LogP contribution in [0.25, 0.3) is 0 Å². The van der Waals surface area contributed by atoms with Crippen molar-refractivity contribution in [1.82, 2.24) is 5.32 Å². The average Bonchev–Trinajstić information content (AvgIpc) is 2.83. The molecule has 2 heteroatoms. The van der Waals surface area contributed by atoms with Crippen LogP contribution in [0.4, 0.5) is 0 Å². The lowest BCUT2D eigenvalue weighted by atomic mass is 10.00. The summed E-state index contributed by atoms with van der Waals surface area (Å²) in [6, 6.07) is 13.6. The summed E-state index contributed by atoms with van der Waals surface area (Å²) < 4.78 is 0. The molecule has 17 heavy (non-hydrogen) atoms. The van der Waals surface area contributed by atoms with Gasteiger partial charge in [0.15, 0.2) is 0 Å². The van der Waals surface area contributed by atoms with Crippen LogP contribution in [0.5, 0.6) is 0 Å². The Hall–Kier alpha value is -1.12. The third kappa shape index (κ3) is 3.42. The van der Waals surface area contributed by atoms with E-state index in [0.717, 1.165) is 12.8 Å². The molecule has 2 rings (SSSR count). The van der Waals surface area contributed by atoms with Crippen molar-refractivity contribution in [2.45, 2.75) is 25.8 Å². The van der Waals surface area contributed by atoms with Gasteiger partial charge in [-0.05, 0) is 43.8 Å². The Morgan fingerprint density at radius 2 is 2.12 bits per heavy atom. The van der Waals surface area contributed by atoms with Crippen molar-refractivity contribution >= 4 is 11.3 Å². The summed E-state index contributed by atoms with van der Waals surface area (Å²) in [6.07, 6.45) is 2.30. The van der Waals surface area contributed by atoms with Crippen LogP contribution in [0, 0.1) is 6.92 Å². The number of rotatable bonds is 5. The maximum absolute atomic E-state index is 3.41. The summed E-state index contributed by atoms with van der Waals surface area (Å²) in [6.45, 7) is 2.15. The Kier molecular flexibility index (Phi) is 4.35. The van der Waals surface area contributed by atoms with Crippen LogP contribution < -0.4 is 5.32 Å². The summed E-state index contributed by atoms with van der Waals surface area (Å²) in [5.74, 6) is 0. The zero-order valence-corrected chi connectivity index (χ0v) is 11.3. The predicted octanol–water partition coefficient (Wildman–Crippen LogP) is 3.95. The van der Waals surface area contributed by atoms with Crippen molar-refractivity contribution in [2.24, 2.45) is 0 Å². The van der Waals surface area contributed by atoms with Gasteiger partial charge in [0.2, 0.25) is 0 Å². The van der Waals surface area contributed by atoms with Crippen molar-refractivity contribution in [2.75, 3.05) is 7.05 Å². The number of nitrogens with one attached hydrogen (secondary N) is 1. The SMILES string of the molecule is CNC(CCc1cccs1)c1cccc(C)c1. The molecule has 0 spiro atoms. The molecular formula is C15H19NS. The van der Waals surface area contributed by atoms with Gasteiger partial charge in [0, 0.05) is 10.9 Å². The van der Waals surface area contributed by atoms with Crippen LogP contribution in [0.1, 0.15) is 28.5 Å². The molecule has 0 aliphatic rings. The smallest absolute Gasteiger partial charge is 0.0321 e. The maximum atomic E-state index is 3.41. The molecule has 1 atom stereocenters. The van der Waals surface area contributed by atoms with E-state index in [1.54, 1.807) is 0 Å². The van der Waals surface area contributed by atoms with Crippen LogP contribution in [0.3, 0.4) is 0 Å². The summed E-state index contributed by atoms with van der Waals surface area (Å²) >= 11 is 1.85. The highest BCUT2D eigenvalue weighted by atomic mass is 32.1. The Bertz CT molecular complexity index is 448. The predicted molar refractivity (Wildman–Crippen MR) is 75.6 cm³/mol. The lowest BCUT2D eigenvalue weighted by molar-refractivity contribution is 0.551. The van der Waals surface area contributed by atoms with Crippen LogP contribution in [0.15, 0.2) is 41.8 Å². The molecule has 1 heterocycles. The molecule has 2 aromatic rings. The van der Waals surface area contributed by atoms with E-state index in [2.05, 4.69) is 54.0 Å². The monoisotopic (exact) mass is 245 g/mol. The molecular weight excluding hydrogens is 226 g/mol. The van der Waals surface area contributed by atoms with E-state index >= 15 is 0 Å². The van der Waals surface area contributed by atoms with Gasteiger partial charge in [0.05, 0.1) is 0 Å². The van der Waals surface area contributed by atoms with Crippen molar-refractivity contribution in [3.63, 3.8) is 0 Å². The largest absolute Gasteiger partial charge is 0.313 e. The van der Waals surface area contributed by atoms with Crippen LogP contribution in [-0.4, -0.2) is 7.05 Å². The fourth-order valence-electron chi connectivity index (χ4n) is 2.11. The molecule has 1 unspecified atom stereocenters. The molecule has 1 aromatic heterocycles. The summed E-state index contributed by atoms with van der Waals surface area (Å²) in [4.78, 5) is 1.47. The average molecular weight is 245 g/mol. The third-order valence-electron chi connectivity index (χ3n) is 3.05. The molecule has 0 fully saturated rings. The molecule has 90 valence electrons. The van der Waals surface area contributed by atoms with Gasteiger partial charge >= 0.3 is 0 Å². The minimum Gasteiger partial charge on any atom is -0.313 e. The van der Waals surface area contributed by atoms with Crippen molar-refractivity contribution in [3.8, 4) is 0 Å². The minimum atomic E-state index is 0.456. The summed E-state index contributed by atoms with van der Waals surface area (Å²) in [5, 5.41) is 5.56. The number of benzene rings is 1. The van der Waals surface area contributed by atoms with Gasteiger partial charge < -0.3 is 5.32 Å². The van der Waals surface area contributed by atoms with Gasteiger partial charge in [-0.15, -0.1) is 11.3 Å². The van der Waals surface area contributed by atoms with Gasteiger partial charge in [0.25, 0.3) is 0 Å². The van der Waals surface area contributed by atoms with Crippen molar-refractivity contribution in [3.05, 3.63) is 57.8 Å². The molecule has 1 nitrogen and oxygen atoms in total. The van der Waals surface area contributed by atoms with Crippen LogP contribution >= 0.6 is 11.3 Å². The van der Waals surface area contributed by atoms with E-state index in [9.17, 15) is 0 Å². The molecule has 0 saturated heterocycles. The second kappa shape index (κ2) is 5.99. The molecule has 0 aliphatic heterocycles. The summed E-state index contributed by atoms with van der Waals surface area (Å²) in [5.41, 5.74) is 2.72. The Morgan fingerprint density at radius 1 is 1.24 bits per heavy atom. The van der Waals surface area contributed by atoms with E-state index in [1.165, 1.54) is 16.0 Å². The zero-order chi connectivity index (χ0) is 12.1. The first kappa shape index (κ1) is 12.3. The first-order valence-corrected chi connectivity index (χ1v) is 6.94. The molecule has 0 saturated carbocycles. The van der Waals surface area contributed by atoms with E-state index in [0.29, 0.717) is 6.04 Å². The molecule has 0 radical (unpaired) electrons. The van der Waals surface area contributed by atoms with E-state index in [4.69, 9.17) is 0 Å². The Labute approximate surface area is 108 Å². The van der Waals surface area contributed by atoms with Crippen molar-refractivity contribution in [1.29, 1.82) is 0 Å². The number of thiophene rings is 1. The first-order chi connectivity index (χ1) is 8.29. The highest BCUT2D eigenvalue weighted by Crippen LogP contribution is 2.21. The molecule has 0 bridgehead atoms. The second-order valence-corrected chi connectivity index (χ2v) is 5.41. The number of hydrogen-bond donors (Lipinski definition) is 1. The molecule has 0 amide bonds. The van der Waals surface area contributed by atoms with Crippen LogP contribution in [0.2, 0.25) is 0 Å². The third-order valence-corrected chi connectivity index (χ3v) is 3.99. The Morgan fingerprint density at radius 3 is 2.76 bits per heavy atom. The lowest BCUT2D eigenvalue weighted by Crippen LogP contribution is -2.17. The fraction of sp³-hybridized carbons (Fsp3) is 0.333. The first-order valence-electron chi connectivity index (χ1n) is 6.06. The lowest BCUT2D eigenvalue weighted by Gasteiger charge is -2.16. The van der Waals surface area contributed by atoms with E-state index < -0.39 is 0 Å². The van der Waals surface area contributed by atoms with Gasteiger partial charge in [-0.3, -0.25) is 0 Å². The maximum Gasteiger partial charge on any atom is 0.0321 e. The topological polar surface area (TPSA) is 12.0 Å². The highest BCUT2D eigenvalue weighted by Gasteiger charge is 2.09. The van der Waals surface area contributed by atoms with Crippen LogP contribution in [-0.2, 0) is 6.42 Å². The molecule has 1 aromatic carbocycles. The highest BCUT2D eigenvalue weighted by molar-refractivity contribution is 7.09. The Balaban J connectivity index is 2.01. The van der Waals surface area contributed by atoms with Gasteiger partial charge in [-0.1, -0.05) is 35.9 Å². The van der Waals surface area contributed by atoms with Gasteiger partial charge in [-0.25, -0.2) is 0 Å². The normalized spacial score (nSPS) is 12.6. The molecule has 0 aliphatic carbocycles. The molecule has 1 N–H and O–H groups in total. The number of hydrogen-bond acceptors (Lipinski definition) is 2. The van der Waals surface area contributed by atoms with E-state index in [-0.39, 0.29) is 0 Å². The standard InChI is InChI=1S/C15H19NS/c1-12-5-3-6-13(11-12)15(16-2)9-8-14-7-4-10-17-14/h3-7,10-11,15-16H,8-9H2,1-2H3. The fourth-order valence-corrected chi connectivity index (χ4v) is 2.83. The van der Waals surface area contributed by atoms with Crippen molar-refractivity contribution < 1.29 is 0 Å².